The Morgan fingerprint density at radius 2 is 0.846 bits per heavy atom. The molecule has 0 radical (unpaired) electrons. The molecule has 0 bridgehead atoms. The molecule has 0 heterocycles. The number of phosphoric ester groups is 1. The van der Waals surface area contributed by atoms with Gasteiger partial charge >= 0.3 is 7.82 Å². The van der Waals surface area contributed by atoms with Crippen LogP contribution in [0.2, 0.25) is 0 Å². The maximum absolute atomic E-state index is 12.9. The summed E-state index contributed by atoms with van der Waals surface area (Å²) in [5.74, 6) is -0.189. The molecule has 384 valence electrons. The van der Waals surface area contributed by atoms with Gasteiger partial charge in [0.1, 0.15) is 13.2 Å². The molecular weight excluding hydrogens is 828 g/mol. The van der Waals surface area contributed by atoms with Crippen LogP contribution >= 0.6 is 7.82 Å². The van der Waals surface area contributed by atoms with Crippen molar-refractivity contribution in [3.05, 3.63) is 36.5 Å². The molecule has 3 atom stereocenters. The summed E-state index contributed by atoms with van der Waals surface area (Å²) in [7, 11) is 1.56. The summed E-state index contributed by atoms with van der Waals surface area (Å²) in [5, 5.41) is 13.9. The Balaban J connectivity index is 4.28. The van der Waals surface area contributed by atoms with Crippen molar-refractivity contribution in [2.75, 3.05) is 40.9 Å². The van der Waals surface area contributed by atoms with Gasteiger partial charge in [0.2, 0.25) is 5.91 Å². The standard InChI is InChI=1S/C56H109N2O6P/c1-6-8-10-12-14-16-18-20-22-24-26-27-28-29-30-31-32-33-35-37-39-41-43-45-47-49-55(59)54(53-64-65(61,62)63-52-51-58(3,4)5)57-56(60)50-48-46-44-42-40-38-36-34-25-23-21-19-17-15-13-11-9-7-2/h23,25,39,41,47,49,54-55,59H,6-22,24,26-38,40,42-46,48,50-53H2,1-5H3,(H-,57,60,61,62)/p+1/b25-23-,41-39+,49-47+. The number of aliphatic hydroxyl groups excluding tert-OH is 1. The predicted molar refractivity (Wildman–Crippen MR) is 281 cm³/mol. The minimum absolute atomic E-state index is 0.0558. The van der Waals surface area contributed by atoms with E-state index in [1.54, 1.807) is 6.08 Å². The van der Waals surface area contributed by atoms with E-state index >= 15 is 0 Å². The van der Waals surface area contributed by atoms with E-state index in [4.69, 9.17) is 9.05 Å². The molecule has 8 nitrogen and oxygen atoms in total. The Labute approximate surface area is 404 Å². The second kappa shape index (κ2) is 47.8. The van der Waals surface area contributed by atoms with E-state index in [2.05, 4.69) is 43.5 Å². The second-order valence-electron chi connectivity index (χ2n) is 20.3. The van der Waals surface area contributed by atoms with Crippen molar-refractivity contribution in [2.45, 2.75) is 276 Å². The van der Waals surface area contributed by atoms with Crippen LogP contribution < -0.4 is 5.32 Å². The van der Waals surface area contributed by atoms with Crippen LogP contribution in [0.5, 0.6) is 0 Å². The van der Waals surface area contributed by atoms with Crippen molar-refractivity contribution >= 4 is 13.7 Å². The van der Waals surface area contributed by atoms with Gasteiger partial charge in [-0.25, -0.2) is 4.57 Å². The van der Waals surface area contributed by atoms with Crippen LogP contribution in [0.3, 0.4) is 0 Å². The Morgan fingerprint density at radius 3 is 1.23 bits per heavy atom. The fourth-order valence-corrected chi connectivity index (χ4v) is 8.91. The lowest BCUT2D eigenvalue weighted by Crippen LogP contribution is -2.45. The molecule has 3 unspecified atom stereocenters. The molecule has 1 amide bonds. The molecule has 0 fully saturated rings. The molecule has 0 aliphatic rings. The zero-order chi connectivity index (χ0) is 47.8. The minimum Gasteiger partial charge on any atom is -0.387 e. The topological polar surface area (TPSA) is 105 Å². The molecule has 0 aromatic carbocycles. The molecule has 0 saturated heterocycles. The largest absolute Gasteiger partial charge is 0.472 e. The van der Waals surface area contributed by atoms with Gasteiger partial charge in [0, 0.05) is 6.42 Å². The Morgan fingerprint density at radius 1 is 0.508 bits per heavy atom. The number of aliphatic hydroxyl groups is 1. The first-order valence-corrected chi connectivity index (χ1v) is 29.4. The van der Waals surface area contributed by atoms with E-state index < -0.39 is 20.0 Å². The van der Waals surface area contributed by atoms with Crippen LogP contribution in [0.1, 0.15) is 264 Å². The van der Waals surface area contributed by atoms with Gasteiger partial charge in [-0.2, -0.15) is 0 Å². The quantitative estimate of drug-likeness (QED) is 0.0243. The van der Waals surface area contributed by atoms with E-state index in [1.165, 1.54) is 205 Å². The first-order chi connectivity index (χ1) is 31.5. The number of hydrogen-bond acceptors (Lipinski definition) is 5. The molecule has 0 saturated carbocycles. The van der Waals surface area contributed by atoms with Crippen LogP contribution in [-0.4, -0.2) is 73.4 Å². The maximum Gasteiger partial charge on any atom is 0.472 e. The van der Waals surface area contributed by atoms with Crippen LogP contribution in [0.25, 0.3) is 0 Å². The zero-order valence-electron chi connectivity index (χ0n) is 43.7. The third kappa shape index (κ3) is 50.4. The molecule has 0 spiro atoms. The number of quaternary nitrogens is 1. The summed E-state index contributed by atoms with van der Waals surface area (Å²) in [4.78, 5) is 23.2. The number of nitrogens with zero attached hydrogens (tertiary/aromatic N) is 1. The molecule has 0 aromatic rings. The summed E-state index contributed by atoms with van der Waals surface area (Å²) in [6.07, 6.45) is 61.0. The van der Waals surface area contributed by atoms with Crippen molar-refractivity contribution in [2.24, 2.45) is 0 Å². The van der Waals surface area contributed by atoms with E-state index in [0.29, 0.717) is 17.4 Å². The fourth-order valence-electron chi connectivity index (χ4n) is 8.17. The lowest BCUT2D eigenvalue weighted by Gasteiger charge is -2.25. The van der Waals surface area contributed by atoms with Crippen molar-refractivity contribution in [1.82, 2.24) is 5.32 Å². The molecular formula is C56H110N2O6P+. The highest BCUT2D eigenvalue weighted by molar-refractivity contribution is 7.47. The number of allylic oxidation sites excluding steroid dienone is 5. The number of nitrogens with one attached hydrogen (secondary N) is 1. The molecule has 9 heteroatoms. The van der Waals surface area contributed by atoms with Crippen molar-refractivity contribution in [1.29, 1.82) is 0 Å². The molecule has 0 aliphatic carbocycles. The molecule has 0 aromatic heterocycles. The highest BCUT2D eigenvalue weighted by Crippen LogP contribution is 2.43. The van der Waals surface area contributed by atoms with Gasteiger partial charge in [-0.3, -0.25) is 13.8 Å². The van der Waals surface area contributed by atoms with Crippen molar-refractivity contribution in [3.63, 3.8) is 0 Å². The number of rotatable bonds is 51. The van der Waals surface area contributed by atoms with Gasteiger partial charge < -0.3 is 19.8 Å². The lowest BCUT2D eigenvalue weighted by molar-refractivity contribution is -0.870. The van der Waals surface area contributed by atoms with Gasteiger partial charge in [-0.05, 0) is 57.8 Å². The third-order valence-corrected chi connectivity index (χ3v) is 13.6. The van der Waals surface area contributed by atoms with Crippen LogP contribution in [0.4, 0.5) is 0 Å². The Bertz CT molecular complexity index is 1150. The molecule has 0 rings (SSSR count). The van der Waals surface area contributed by atoms with Crippen LogP contribution in [-0.2, 0) is 18.4 Å². The van der Waals surface area contributed by atoms with Gasteiger partial charge in [0.15, 0.2) is 0 Å². The smallest absolute Gasteiger partial charge is 0.387 e. The van der Waals surface area contributed by atoms with Gasteiger partial charge in [0.25, 0.3) is 0 Å². The Hall–Kier alpha value is -1.28. The monoisotopic (exact) mass is 938 g/mol. The number of likely N-dealkylation sites (N-methyl/N-ethyl adjacent to an activating group) is 1. The normalized spacial score (nSPS) is 14.3. The summed E-state index contributed by atoms with van der Waals surface area (Å²) in [6, 6.07) is -0.865. The highest BCUT2D eigenvalue weighted by atomic mass is 31.2. The minimum atomic E-state index is -4.35. The molecule has 0 aliphatic heterocycles. The van der Waals surface area contributed by atoms with Gasteiger partial charge in [-0.15, -0.1) is 0 Å². The van der Waals surface area contributed by atoms with Crippen LogP contribution in [0, 0.1) is 0 Å². The number of amides is 1. The van der Waals surface area contributed by atoms with E-state index in [0.717, 1.165) is 38.5 Å². The summed E-state index contributed by atoms with van der Waals surface area (Å²) >= 11 is 0. The Kier molecular flexibility index (Phi) is 46.8. The molecule has 65 heavy (non-hydrogen) atoms. The summed E-state index contributed by atoms with van der Waals surface area (Å²) in [5.41, 5.74) is 0. The van der Waals surface area contributed by atoms with Crippen LogP contribution in [0.15, 0.2) is 36.5 Å². The second-order valence-corrected chi connectivity index (χ2v) is 21.8. The maximum atomic E-state index is 12.9. The summed E-state index contributed by atoms with van der Waals surface area (Å²) < 4.78 is 23.7. The number of unbranched alkanes of at least 4 members (excludes halogenated alkanes) is 34. The number of phosphoric acid groups is 1. The first kappa shape index (κ1) is 63.7. The number of carbonyl (C=O) groups is 1. The fraction of sp³-hybridized carbons (Fsp3) is 0.875. The average molecular weight is 938 g/mol. The lowest BCUT2D eigenvalue weighted by atomic mass is 10.0. The zero-order valence-corrected chi connectivity index (χ0v) is 44.6. The SMILES string of the molecule is CCCCCCCCC/C=C\CCCCCCCCCC(=O)NC(COP(=O)(O)OCC[N+](C)(C)C)C(O)/C=C/CC/C=C/CCCCCCCCCCCCCCCCCCCCC. The first-order valence-electron chi connectivity index (χ1n) is 27.9. The van der Waals surface area contributed by atoms with Crippen molar-refractivity contribution < 1.29 is 32.9 Å². The number of carbonyl (C=O) groups excluding carboxylic acids is 1. The number of hydrogen-bond donors (Lipinski definition) is 3. The average Bonchev–Trinajstić information content (AvgIpc) is 3.26. The van der Waals surface area contributed by atoms with E-state index in [1.807, 2.05) is 27.2 Å². The van der Waals surface area contributed by atoms with E-state index in [-0.39, 0.29) is 19.1 Å². The van der Waals surface area contributed by atoms with Gasteiger partial charge in [0.05, 0.1) is 39.9 Å². The predicted octanol–water partition coefficient (Wildman–Crippen LogP) is 16.6. The molecule has 3 N–H and O–H groups in total. The summed E-state index contributed by atoms with van der Waals surface area (Å²) in [6.45, 7) is 4.82. The van der Waals surface area contributed by atoms with Gasteiger partial charge in [-0.1, -0.05) is 237 Å². The third-order valence-electron chi connectivity index (χ3n) is 12.6. The van der Waals surface area contributed by atoms with Crippen molar-refractivity contribution in [3.8, 4) is 0 Å². The van der Waals surface area contributed by atoms with E-state index in [9.17, 15) is 19.4 Å². The highest BCUT2D eigenvalue weighted by Gasteiger charge is 2.27.